The lowest BCUT2D eigenvalue weighted by Crippen LogP contribution is -2.01. The molecule has 0 saturated heterocycles. The van der Waals surface area contributed by atoms with E-state index >= 15 is 0 Å². The number of Topliss-reactive ketones (excluding diaryl/α,β-unsaturated/α-hetero) is 1. The van der Waals surface area contributed by atoms with Crippen LogP contribution in [0.1, 0.15) is 29.8 Å². The van der Waals surface area contributed by atoms with Crippen LogP contribution in [0.15, 0.2) is 35.7 Å². The molecule has 1 aromatic carbocycles. The van der Waals surface area contributed by atoms with E-state index in [1.165, 1.54) is 13.8 Å². The Morgan fingerprint density at radius 1 is 1.14 bits per heavy atom. The molecule has 2 heteroatoms. The fraction of sp³-hybridized carbons (Fsp3) is 0.250. The molecule has 0 radical (unpaired) electrons. The predicted molar refractivity (Wildman–Crippen MR) is 55.0 cm³/mol. The molecule has 0 atom stereocenters. The van der Waals surface area contributed by atoms with E-state index < -0.39 is 5.83 Å². The fourth-order valence-corrected chi connectivity index (χ4v) is 1.08. The van der Waals surface area contributed by atoms with E-state index in [4.69, 9.17) is 0 Å². The SMILES string of the molecule is C/C(F)=C(\C)C(=O)c1ccc(C)cc1. The Labute approximate surface area is 83.3 Å². The molecule has 0 aliphatic rings. The van der Waals surface area contributed by atoms with Crippen molar-refractivity contribution in [1.82, 2.24) is 0 Å². The van der Waals surface area contributed by atoms with Gasteiger partial charge in [0, 0.05) is 11.1 Å². The first kappa shape index (κ1) is 10.6. The summed E-state index contributed by atoms with van der Waals surface area (Å²) in [7, 11) is 0. The van der Waals surface area contributed by atoms with Crippen LogP contribution in [-0.4, -0.2) is 5.78 Å². The van der Waals surface area contributed by atoms with Crippen molar-refractivity contribution < 1.29 is 9.18 Å². The first-order valence-corrected chi connectivity index (χ1v) is 4.46. The summed E-state index contributed by atoms with van der Waals surface area (Å²) in [6.07, 6.45) is 0. The highest BCUT2D eigenvalue weighted by Gasteiger charge is 2.10. The lowest BCUT2D eigenvalue weighted by atomic mass is 10.0. The second-order valence-corrected chi connectivity index (χ2v) is 3.35. The van der Waals surface area contributed by atoms with E-state index in [1.807, 2.05) is 19.1 Å². The van der Waals surface area contributed by atoms with Crippen LogP contribution in [0.2, 0.25) is 0 Å². The van der Waals surface area contributed by atoms with E-state index in [9.17, 15) is 9.18 Å². The maximum Gasteiger partial charge on any atom is 0.191 e. The molecule has 14 heavy (non-hydrogen) atoms. The number of carbonyl (C=O) groups excluding carboxylic acids is 1. The van der Waals surface area contributed by atoms with Crippen molar-refractivity contribution in [1.29, 1.82) is 0 Å². The second-order valence-electron chi connectivity index (χ2n) is 3.35. The number of aryl methyl sites for hydroxylation is 1. The zero-order valence-electron chi connectivity index (χ0n) is 8.60. The highest BCUT2D eigenvalue weighted by Crippen LogP contribution is 2.13. The van der Waals surface area contributed by atoms with Gasteiger partial charge in [0.1, 0.15) is 5.83 Å². The van der Waals surface area contributed by atoms with Crippen LogP contribution in [0.4, 0.5) is 4.39 Å². The van der Waals surface area contributed by atoms with Gasteiger partial charge in [-0.25, -0.2) is 4.39 Å². The molecular formula is C12H13FO. The third-order valence-electron chi connectivity index (χ3n) is 2.17. The largest absolute Gasteiger partial charge is 0.289 e. The molecule has 0 spiro atoms. The molecule has 0 aliphatic carbocycles. The van der Waals surface area contributed by atoms with Gasteiger partial charge in [0.2, 0.25) is 0 Å². The summed E-state index contributed by atoms with van der Waals surface area (Å²) >= 11 is 0. The highest BCUT2D eigenvalue weighted by atomic mass is 19.1. The van der Waals surface area contributed by atoms with Crippen LogP contribution in [0, 0.1) is 6.92 Å². The zero-order chi connectivity index (χ0) is 10.7. The first-order valence-electron chi connectivity index (χ1n) is 4.46. The Morgan fingerprint density at radius 3 is 2.07 bits per heavy atom. The summed E-state index contributed by atoms with van der Waals surface area (Å²) < 4.78 is 12.8. The first-order chi connectivity index (χ1) is 6.52. The van der Waals surface area contributed by atoms with Gasteiger partial charge in [-0.1, -0.05) is 29.8 Å². The molecule has 74 valence electrons. The minimum absolute atomic E-state index is 0.175. The molecule has 0 fully saturated rings. The molecular weight excluding hydrogens is 179 g/mol. The number of carbonyl (C=O) groups is 1. The van der Waals surface area contributed by atoms with Gasteiger partial charge >= 0.3 is 0 Å². The predicted octanol–water partition coefficient (Wildman–Crippen LogP) is 3.44. The van der Waals surface area contributed by atoms with Gasteiger partial charge in [0.05, 0.1) is 0 Å². The quantitative estimate of drug-likeness (QED) is 0.518. The van der Waals surface area contributed by atoms with Crippen molar-refractivity contribution in [3.63, 3.8) is 0 Å². The van der Waals surface area contributed by atoms with Crippen LogP contribution < -0.4 is 0 Å². The number of rotatable bonds is 2. The number of ketones is 1. The molecule has 1 rings (SSSR count). The van der Waals surface area contributed by atoms with Crippen LogP contribution in [0.5, 0.6) is 0 Å². The van der Waals surface area contributed by atoms with Crippen LogP contribution in [0.25, 0.3) is 0 Å². The third kappa shape index (κ3) is 2.28. The van der Waals surface area contributed by atoms with Crippen LogP contribution in [-0.2, 0) is 0 Å². The zero-order valence-corrected chi connectivity index (χ0v) is 8.60. The molecule has 0 saturated carbocycles. The van der Waals surface area contributed by atoms with Gasteiger partial charge < -0.3 is 0 Å². The maximum absolute atomic E-state index is 12.8. The Bertz CT molecular complexity index is 370. The summed E-state index contributed by atoms with van der Waals surface area (Å²) in [6.45, 7) is 4.73. The van der Waals surface area contributed by atoms with Gasteiger partial charge in [-0.05, 0) is 20.8 Å². The number of allylic oxidation sites excluding steroid dienone is 2. The molecule has 0 unspecified atom stereocenters. The van der Waals surface area contributed by atoms with Crippen molar-refractivity contribution in [2.75, 3.05) is 0 Å². The summed E-state index contributed by atoms with van der Waals surface area (Å²) in [5.41, 5.74) is 1.79. The summed E-state index contributed by atoms with van der Waals surface area (Å²) in [6, 6.07) is 7.11. The smallest absolute Gasteiger partial charge is 0.191 e. The molecule has 0 heterocycles. The number of benzene rings is 1. The average Bonchev–Trinajstić information content (AvgIpc) is 2.16. The van der Waals surface area contributed by atoms with Gasteiger partial charge in [0.15, 0.2) is 5.78 Å². The highest BCUT2D eigenvalue weighted by molar-refractivity contribution is 6.08. The molecule has 0 N–H and O–H groups in total. The van der Waals surface area contributed by atoms with Crippen LogP contribution >= 0.6 is 0 Å². The standard InChI is InChI=1S/C12H13FO/c1-8-4-6-11(7-5-8)12(14)9(2)10(3)13/h4-7H,1-3H3/b10-9-. The van der Waals surface area contributed by atoms with E-state index in [2.05, 4.69) is 0 Å². The Hall–Kier alpha value is -1.44. The second kappa shape index (κ2) is 4.18. The molecule has 0 bridgehead atoms. The average molecular weight is 192 g/mol. The lowest BCUT2D eigenvalue weighted by molar-refractivity contribution is 0.103. The van der Waals surface area contributed by atoms with E-state index in [0.717, 1.165) is 5.56 Å². The van der Waals surface area contributed by atoms with Crippen molar-refractivity contribution >= 4 is 5.78 Å². The monoisotopic (exact) mass is 192 g/mol. The van der Waals surface area contributed by atoms with E-state index in [1.54, 1.807) is 12.1 Å². The summed E-state index contributed by atoms with van der Waals surface area (Å²) in [5, 5.41) is 0. The molecule has 0 aliphatic heterocycles. The Kier molecular flexibility index (Phi) is 3.18. The summed E-state index contributed by atoms with van der Waals surface area (Å²) in [4.78, 5) is 11.6. The normalized spacial score (nSPS) is 12.3. The van der Waals surface area contributed by atoms with Gasteiger partial charge in [-0.3, -0.25) is 4.79 Å². The van der Waals surface area contributed by atoms with Crippen molar-refractivity contribution in [2.45, 2.75) is 20.8 Å². The van der Waals surface area contributed by atoms with Gasteiger partial charge in [-0.15, -0.1) is 0 Å². The molecule has 1 aromatic rings. The minimum Gasteiger partial charge on any atom is -0.289 e. The number of halogens is 1. The van der Waals surface area contributed by atoms with Crippen LogP contribution in [0.3, 0.4) is 0 Å². The summed E-state index contributed by atoms with van der Waals surface area (Å²) in [5.74, 6) is -0.666. The molecule has 0 aromatic heterocycles. The lowest BCUT2D eigenvalue weighted by Gasteiger charge is -2.01. The molecule has 1 nitrogen and oxygen atoms in total. The topological polar surface area (TPSA) is 17.1 Å². The fourth-order valence-electron chi connectivity index (χ4n) is 1.08. The van der Waals surface area contributed by atoms with Crippen molar-refractivity contribution in [3.05, 3.63) is 46.8 Å². The van der Waals surface area contributed by atoms with Crippen molar-refractivity contribution in [3.8, 4) is 0 Å². The third-order valence-corrected chi connectivity index (χ3v) is 2.17. The Balaban J connectivity index is 3.02. The maximum atomic E-state index is 12.8. The van der Waals surface area contributed by atoms with E-state index in [0.29, 0.717) is 5.56 Å². The molecule has 0 amide bonds. The van der Waals surface area contributed by atoms with Gasteiger partial charge in [0.25, 0.3) is 0 Å². The van der Waals surface area contributed by atoms with Crippen molar-refractivity contribution in [2.24, 2.45) is 0 Å². The number of hydrogen-bond acceptors (Lipinski definition) is 1. The Morgan fingerprint density at radius 2 is 1.64 bits per heavy atom. The van der Waals surface area contributed by atoms with Gasteiger partial charge in [-0.2, -0.15) is 0 Å². The minimum atomic E-state index is -0.421. The van der Waals surface area contributed by atoms with E-state index in [-0.39, 0.29) is 11.4 Å². The number of hydrogen-bond donors (Lipinski definition) is 0.